The van der Waals surface area contributed by atoms with Crippen molar-refractivity contribution in [2.24, 2.45) is 0 Å². The second-order valence-electron chi connectivity index (χ2n) is 4.28. The molecule has 3 aromatic rings. The highest BCUT2D eigenvalue weighted by molar-refractivity contribution is 5.76. The fourth-order valence-corrected chi connectivity index (χ4v) is 2.14. The molecule has 1 unspecified atom stereocenters. The molecular formula is C13H13N5. The van der Waals surface area contributed by atoms with Crippen LogP contribution in [0.1, 0.15) is 24.0 Å². The molecule has 0 spiro atoms. The molecule has 0 aliphatic heterocycles. The normalized spacial score (nSPS) is 12.7. The highest BCUT2D eigenvalue weighted by Crippen LogP contribution is 2.28. The molecule has 0 saturated heterocycles. The van der Waals surface area contributed by atoms with Crippen molar-refractivity contribution >= 4 is 17.0 Å². The molecule has 0 aliphatic carbocycles. The number of nitrogen functional groups attached to an aromatic ring is 1. The van der Waals surface area contributed by atoms with Crippen LogP contribution < -0.4 is 5.73 Å². The SMILES string of the molecule is CC(c1ccccc1)c1cc(N)nc2[nH]nnc12. The topological polar surface area (TPSA) is 80.5 Å². The van der Waals surface area contributed by atoms with E-state index in [-0.39, 0.29) is 5.92 Å². The average molecular weight is 239 g/mol. The number of rotatable bonds is 2. The molecule has 2 aromatic heterocycles. The second kappa shape index (κ2) is 4.10. The third kappa shape index (κ3) is 1.69. The minimum Gasteiger partial charge on any atom is -0.384 e. The maximum Gasteiger partial charge on any atom is 0.178 e. The second-order valence-corrected chi connectivity index (χ2v) is 4.28. The van der Waals surface area contributed by atoms with E-state index in [0.717, 1.165) is 11.1 Å². The standard InChI is InChI=1S/C13H13N5/c1-8(9-5-3-2-4-6-9)10-7-11(14)15-13-12(10)16-18-17-13/h2-8H,1H3,(H3,14,15,16,17,18). The van der Waals surface area contributed by atoms with Crippen LogP contribution in [0.3, 0.4) is 0 Å². The Morgan fingerprint density at radius 2 is 2.00 bits per heavy atom. The lowest BCUT2D eigenvalue weighted by Gasteiger charge is -2.12. The lowest BCUT2D eigenvalue weighted by Crippen LogP contribution is -2.00. The number of H-pyrrole nitrogens is 1. The number of benzene rings is 1. The fraction of sp³-hybridized carbons (Fsp3) is 0.154. The number of nitrogens with one attached hydrogen (secondary N) is 1. The lowest BCUT2D eigenvalue weighted by molar-refractivity contribution is 0.917. The summed E-state index contributed by atoms with van der Waals surface area (Å²) in [6, 6.07) is 12.1. The third-order valence-corrected chi connectivity index (χ3v) is 3.11. The van der Waals surface area contributed by atoms with Crippen LogP contribution in [0.2, 0.25) is 0 Å². The maximum absolute atomic E-state index is 5.81. The fourth-order valence-electron chi connectivity index (χ4n) is 2.14. The van der Waals surface area contributed by atoms with E-state index in [0.29, 0.717) is 11.5 Å². The third-order valence-electron chi connectivity index (χ3n) is 3.11. The van der Waals surface area contributed by atoms with E-state index >= 15 is 0 Å². The monoisotopic (exact) mass is 239 g/mol. The van der Waals surface area contributed by atoms with E-state index in [9.17, 15) is 0 Å². The first-order valence-electron chi connectivity index (χ1n) is 5.78. The van der Waals surface area contributed by atoms with Gasteiger partial charge in [0.1, 0.15) is 11.3 Å². The Balaban J connectivity index is 2.17. The largest absolute Gasteiger partial charge is 0.384 e. The van der Waals surface area contributed by atoms with Crippen molar-refractivity contribution in [3.63, 3.8) is 0 Å². The molecule has 1 atom stereocenters. The van der Waals surface area contributed by atoms with Gasteiger partial charge in [-0.1, -0.05) is 42.5 Å². The van der Waals surface area contributed by atoms with Gasteiger partial charge in [0, 0.05) is 5.92 Å². The van der Waals surface area contributed by atoms with Gasteiger partial charge in [-0.15, -0.1) is 5.10 Å². The van der Waals surface area contributed by atoms with Crippen LogP contribution in [-0.2, 0) is 0 Å². The molecule has 0 amide bonds. The molecular weight excluding hydrogens is 226 g/mol. The van der Waals surface area contributed by atoms with Gasteiger partial charge in [-0.3, -0.25) is 0 Å². The van der Waals surface area contributed by atoms with Crippen molar-refractivity contribution in [3.8, 4) is 0 Å². The molecule has 3 rings (SSSR count). The molecule has 5 heteroatoms. The zero-order chi connectivity index (χ0) is 12.5. The average Bonchev–Trinajstić information content (AvgIpc) is 2.86. The molecule has 5 nitrogen and oxygen atoms in total. The molecule has 0 aliphatic rings. The summed E-state index contributed by atoms with van der Waals surface area (Å²) in [5.41, 5.74) is 9.48. The zero-order valence-corrected chi connectivity index (χ0v) is 9.96. The highest BCUT2D eigenvalue weighted by Gasteiger charge is 2.15. The molecule has 0 saturated carbocycles. The van der Waals surface area contributed by atoms with E-state index in [1.54, 1.807) is 0 Å². The van der Waals surface area contributed by atoms with Crippen LogP contribution in [0.4, 0.5) is 5.82 Å². The van der Waals surface area contributed by atoms with E-state index in [2.05, 4.69) is 39.5 Å². The van der Waals surface area contributed by atoms with Gasteiger partial charge in [0.15, 0.2) is 5.65 Å². The van der Waals surface area contributed by atoms with Crippen molar-refractivity contribution in [2.45, 2.75) is 12.8 Å². The molecule has 18 heavy (non-hydrogen) atoms. The molecule has 1 aromatic carbocycles. The van der Waals surface area contributed by atoms with Crippen molar-refractivity contribution in [2.75, 3.05) is 5.73 Å². The maximum atomic E-state index is 5.81. The summed E-state index contributed by atoms with van der Waals surface area (Å²) in [5, 5.41) is 10.6. The van der Waals surface area contributed by atoms with Gasteiger partial charge in [0.05, 0.1) is 0 Å². The summed E-state index contributed by atoms with van der Waals surface area (Å²) in [4.78, 5) is 4.17. The first-order valence-corrected chi connectivity index (χ1v) is 5.78. The quantitative estimate of drug-likeness (QED) is 0.717. The van der Waals surface area contributed by atoms with Crippen LogP contribution in [-0.4, -0.2) is 20.4 Å². The van der Waals surface area contributed by atoms with Gasteiger partial charge in [-0.25, -0.2) is 10.1 Å². The smallest absolute Gasteiger partial charge is 0.178 e. The van der Waals surface area contributed by atoms with Crippen LogP contribution in [0.5, 0.6) is 0 Å². The number of hydrogen-bond acceptors (Lipinski definition) is 4. The summed E-state index contributed by atoms with van der Waals surface area (Å²) in [6.45, 7) is 2.12. The van der Waals surface area contributed by atoms with Gasteiger partial charge < -0.3 is 5.73 Å². The van der Waals surface area contributed by atoms with Gasteiger partial charge in [0.25, 0.3) is 0 Å². The van der Waals surface area contributed by atoms with Gasteiger partial charge >= 0.3 is 0 Å². The molecule has 0 bridgehead atoms. The molecule has 2 heterocycles. The number of aromatic nitrogens is 4. The summed E-state index contributed by atoms with van der Waals surface area (Å²) in [5.74, 6) is 0.676. The minimum atomic E-state index is 0.198. The van der Waals surface area contributed by atoms with Crippen LogP contribution >= 0.6 is 0 Å². The van der Waals surface area contributed by atoms with E-state index < -0.39 is 0 Å². The van der Waals surface area contributed by atoms with Crippen LogP contribution in [0.15, 0.2) is 36.4 Å². The Morgan fingerprint density at radius 1 is 1.22 bits per heavy atom. The lowest BCUT2D eigenvalue weighted by atomic mass is 9.93. The predicted octanol–water partition coefficient (Wildman–Crippen LogP) is 2.09. The molecule has 0 fully saturated rings. The van der Waals surface area contributed by atoms with E-state index in [4.69, 9.17) is 5.73 Å². The molecule has 90 valence electrons. The Morgan fingerprint density at radius 3 is 2.78 bits per heavy atom. The van der Waals surface area contributed by atoms with E-state index in [1.807, 2.05) is 24.3 Å². The number of fused-ring (bicyclic) bond motifs is 1. The Bertz CT molecular complexity index is 674. The first kappa shape index (κ1) is 10.7. The van der Waals surface area contributed by atoms with Crippen molar-refractivity contribution in [1.29, 1.82) is 0 Å². The zero-order valence-electron chi connectivity index (χ0n) is 9.96. The van der Waals surface area contributed by atoms with Gasteiger partial charge in [0.2, 0.25) is 0 Å². The molecule has 3 N–H and O–H groups in total. The predicted molar refractivity (Wildman–Crippen MR) is 70.1 cm³/mol. The number of pyridine rings is 1. The number of nitrogens with two attached hydrogens (primary N) is 1. The number of anilines is 1. The van der Waals surface area contributed by atoms with E-state index in [1.165, 1.54) is 5.56 Å². The van der Waals surface area contributed by atoms with Crippen LogP contribution in [0, 0.1) is 0 Å². The van der Waals surface area contributed by atoms with Gasteiger partial charge in [-0.2, -0.15) is 0 Å². The van der Waals surface area contributed by atoms with Crippen molar-refractivity contribution in [3.05, 3.63) is 47.5 Å². The Hall–Kier alpha value is -2.43. The molecule has 0 radical (unpaired) electrons. The number of nitrogens with zero attached hydrogens (tertiary/aromatic N) is 3. The van der Waals surface area contributed by atoms with Crippen molar-refractivity contribution < 1.29 is 0 Å². The van der Waals surface area contributed by atoms with Crippen LogP contribution in [0.25, 0.3) is 11.2 Å². The number of aromatic amines is 1. The minimum absolute atomic E-state index is 0.198. The number of hydrogen-bond donors (Lipinski definition) is 2. The summed E-state index contributed by atoms with van der Waals surface area (Å²) in [7, 11) is 0. The van der Waals surface area contributed by atoms with Crippen molar-refractivity contribution in [1.82, 2.24) is 20.4 Å². The summed E-state index contributed by atoms with van der Waals surface area (Å²) < 4.78 is 0. The first-order chi connectivity index (χ1) is 8.75. The highest BCUT2D eigenvalue weighted by atomic mass is 15.3. The Kier molecular flexibility index (Phi) is 2.44. The summed E-state index contributed by atoms with van der Waals surface area (Å²) in [6.07, 6.45) is 0. The Labute approximate surface area is 104 Å². The summed E-state index contributed by atoms with van der Waals surface area (Å²) >= 11 is 0. The van der Waals surface area contributed by atoms with Gasteiger partial charge in [-0.05, 0) is 17.2 Å².